The molecule has 6 nitrogen and oxygen atoms in total. The Bertz CT molecular complexity index is 664. The second-order valence-corrected chi connectivity index (χ2v) is 5.69. The van der Waals surface area contributed by atoms with Gasteiger partial charge in [0.1, 0.15) is 11.5 Å². The number of carbonyl (C=O) groups is 1. The van der Waals surface area contributed by atoms with Gasteiger partial charge in [-0.05, 0) is 31.5 Å². The highest BCUT2D eigenvalue weighted by molar-refractivity contribution is 5.84. The molecule has 23 heavy (non-hydrogen) atoms. The van der Waals surface area contributed by atoms with Gasteiger partial charge in [0.05, 0.1) is 12.6 Å². The number of carbonyl (C=O) groups excluding carboxylic acids is 1. The van der Waals surface area contributed by atoms with Gasteiger partial charge in [-0.15, -0.1) is 0 Å². The molecule has 0 radical (unpaired) electrons. The quantitative estimate of drug-likeness (QED) is 0.853. The molecule has 1 amide bonds. The molecule has 0 aliphatic heterocycles. The Kier molecular flexibility index (Phi) is 5.18. The number of nitrogens with two attached hydrogens (primary N) is 1. The van der Waals surface area contributed by atoms with E-state index in [1.54, 1.807) is 39.3 Å². The smallest absolute Gasteiger partial charge is 0.239 e. The molecule has 3 N–H and O–H groups in total. The third kappa shape index (κ3) is 4.96. The third-order valence-electron chi connectivity index (χ3n) is 3.10. The summed E-state index contributed by atoms with van der Waals surface area (Å²) in [5.41, 5.74) is 5.68. The van der Waals surface area contributed by atoms with E-state index in [-0.39, 0.29) is 5.91 Å². The lowest BCUT2D eigenvalue weighted by Crippen LogP contribution is -2.48. The summed E-state index contributed by atoms with van der Waals surface area (Å²) in [4.78, 5) is 15.9. The van der Waals surface area contributed by atoms with Crippen LogP contribution in [0.3, 0.4) is 0 Å². The Morgan fingerprint density at radius 3 is 2.61 bits per heavy atom. The maximum atomic E-state index is 11.7. The number of nitrogens with zero attached hydrogens (tertiary/aromatic N) is 1. The minimum atomic E-state index is -0.900. The van der Waals surface area contributed by atoms with Gasteiger partial charge in [-0.25, -0.2) is 4.98 Å². The molecule has 0 atom stereocenters. The highest BCUT2D eigenvalue weighted by atomic mass is 16.5. The molecule has 0 fully saturated rings. The molecule has 2 aromatic rings. The fourth-order valence-corrected chi connectivity index (χ4v) is 1.77. The van der Waals surface area contributed by atoms with Gasteiger partial charge in [0.15, 0.2) is 0 Å². The first-order valence-electron chi connectivity index (χ1n) is 7.22. The molecule has 0 spiro atoms. The van der Waals surface area contributed by atoms with Gasteiger partial charge in [0.2, 0.25) is 11.8 Å². The summed E-state index contributed by atoms with van der Waals surface area (Å²) in [5, 5.41) is 2.76. The van der Waals surface area contributed by atoms with Crippen LogP contribution in [0, 0.1) is 0 Å². The summed E-state index contributed by atoms with van der Waals surface area (Å²) in [6, 6.07) is 10.9. The molecular formula is C17H21N3O3. The van der Waals surface area contributed by atoms with E-state index < -0.39 is 5.54 Å². The Morgan fingerprint density at radius 1 is 1.26 bits per heavy atom. The highest BCUT2D eigenvalue weighted by Gasteiger charge is 2.21. The lowest BCUT2D eigenvalue weighted by atomic mass is 10.1. The summed E-state index contributed by atoms with van der Waals surface area (Å²) >= 11 is 0. The van der Waals surface area contributed by atoms with E-state index >= 15 is 0 Å². The predicted octanol–water partition coefficient (Wildman–Crippen LogP) is 2.24. The first-order valence-corrected chi connectivity index (χ1v) is 7.22. The molecule has 0 saturated carbocycles. The number of rotatable bonds is 6. The molecule has 1 aromatic heterocycles. The number of nitrogens with one attached hydrogen (secondary N) is 1. The maximum Gasteiger partial charge on any atom is 0.239 e. The van der Waals surface area contributed by atoms with Crippen molar-refractivity contribution < 1.29 is 14.3 Å². The Labute approximate surface area is 135 Å². The number of amides is 1. The van der Waals surface area contributed by atoms with E-state index in [9.17, 15) is 4.79 Å². The maximum absolute atomic E-state index is 11.7. The summed E-state index contributed by atoms with van der Waals surface area (Å²) in [5.74, 6) is 1.61. The molecule has 0 saturated heterocycles. The summed E-state index contributed by atoms with van der Waals surface area (Å²) < 4.78 is 10.8. The van der Waals surface area contributed by atoms with Gasteiger partial charge >= 0.3 is 0 Å². The van der Waals surface area contributed by atoms with Gasteiger partial charge in [-0.3, -0.25) is 4.79 Å². The van der Waals surface area contributed by atoms with Crippen LogP contribution in [-0.2, 0) is 11.3 Å². The minimum Gasteiger partial charge on any atom is -0.497 e. The second kappa shape index (κ2) is 7.11. The number of ether oxygens (including phenoxy) is 2. The minimum absolute atomic E-state index is 0.214. The number of benzene rings is 1. The van der Waals surface area contributed by atoms with Crippen molar-refractivity contribution in [1.82, 2.24) is 10.3 Å². The number of pyridine rings is 1. The number of aromatic nitrogens is 1. The zero-order valence-corrected chi connectivity index (χ0v) is 13.5. The largest absolute Gasteiger partial charge is 0.497 e. The van der Waals surface area contributed by atoms with E-state index in [4.69, 9.17) is 15.2 Å². The van der Waals surface area contributed by atoms with Crippen molar-refractivity contribution in [2.24, 2.45) is 5.73 Å². The summed E-state index contributed by atoms with van der Waals surface area (Å²) in [6.07, 6.45) is 1.65. The fourth-order valence-electron chi connectivity index (χ4n) is 1.77. The van der Waals surface area contributed by atoms with E-state index in [2.05, 4.69) is 10.3 Å². The van der Waals surface area contributed by atoms with Gasteiger partial charge in [-0.2, -0.15) is 0 Å². The first kappa shape index (κ1) is 16.8. The van der Waals surface area contributed by atoms with Crippen LogP contribution in [0.1, 0.15) is 19.4 Å². The van der Waals surface area contributed by atoms with E-state index in [1.807, 2.05) is 24.3 Å². The van der Waals surface area contributed by atoms with Crippen LogP contribution >= 0.6 is 0 Å². The molecule has 0 aliphatic carbocycles. The molecule has 1 aromatic carbocycles. The van der Waals surface area contributed by atoms with Crippen molar-refractivity contribution in [3.63, 3.8) is 0 Å². The second-order valence-electron chi connectivity index (χ2n) is 5.69. The SMILES string of the molecule is COc1cccc(Oc2ccc(CNC(=O)C(C)(C)N)cn2)c1. The molecule has 0 unspecified atom stereocenters. The predicted molar refractivity (Wildman–Crippen MR) is 87.4 cm³/mol. The number of methoxy groups -OCH3 is 1. The summed E-state index contributed by atoms with van der Waals surface area (Å²) in [6.45, 7) is 3.68. The lowest BCUT2D eigenvalue weighted by Gasteiger charge is -2.17. The number of hydrogen-bond donors (Lipinski definition) is 2. The topological polar surface area (TPSA) is 86.5 Å². The van der Waals surface area contributed by atoms with Gasteiger partial charge in [0.25, 0.3) is 0 Å². The molecule has 1 heterocycles. The van der Waals surface area contributed by atoms with Crippen molar-refractivity contribution in [2.45, 2.75) is 25.9 Å². The van der Waals surface area contributed by atoms with Crippen molar-refractivity contribution in [1.29, 1.82) is 0 Å². The zero-order chi connectivity index (χ0) is 16.9. The van der Waals surface area contributed by atoms with Crippen molar-refractivity contribution in [3.8, 4) is 17.4 Å². The highest BCUT2D eigenvalue weighted by Crippen LogP contribution is 2.23. The lowest BCUT2D eigenvalue weighted by molar-refractivity contribution is -0.125. The van der Waals surface area contributed by atoms with E-state index in [1.165, 1.54) is 0 Å². The monoisotopic (exact) mass is 315 g/mol. The molecule has 122 valence electrons. The van der Waals surface area contributed by atoms with Crippen LogP contribution in [0.15, 0.2) is 42.6 Å². The van der Waals surface area contributed by atoms with Gasteiger partial charge in [-0.1, -0.05) is 12.1 Å². The molecule has 0 bridgehead atoms. The zero-order valence-electron chi connectivity index (χ0n) is 13.5. The van der Waals surface area contributed by atoms with Crippen LogP contribution in [0.2, 0.25) is 0 Å². The first-order chi connectivity index (χ1) is 10.9. The van der Waals surface area contributed by atoms with Crippen LogP contribution < -0.4 is 20.5 Å². The Morgan fingerprint density at radius 2 is 2.00 bits per heavy atom. The number of hydrogen-bond acceptors (Lipinski definition) is 5. The average Bonchev–Trinajstić information content (AvgIpc) is 2.53. The van der Waals surface area contributed by atoms with Crippen LogP contribution in [0.5, 0.6) is 17.4 Å². The Hall–Kier alpha value is -2.60. The van der Waals surface area contributed by atoms with Crippen LogP contribution in [0.25, 0.3) is 0 Å². The van der Waals surface area contributed by atoms with Crippen molar-refractivity contribution in [2.75, 3.05) is 7.11 Å². The molecule has 2 rings (SSSR count). The normalized spacial score (nSPS) is 11.0. The van der Waals surface area contributed by atoms with Crippen molar-refractivity contribution in [3.05, 3.63) is 48.2 Å². The fraction of sp³-hybridized carbons (Fsp3) is 0.294. The van der Waals surface area contributed by atoms with Crippen LogP contribution in [0.4, 0.5) is 0 Å². The van der Waals surface area contributed by atoms with Crippen LogP contribution in [-0.4, -0.2) is 23.5 Å². The van der Waals surface area contributed by atoms with Gasteiger partial charge < -0.3 is 20.5 Å². The standard InChI is InChI=1S/C17H21N3O3/c1-17(2,18)16(21)20-11-12-7-8-15(19-10-12)23-14-6-4-5-13(9-14)22-3/h4-10H,11,18H2,1-3H3,(H,20,21). The third-order valence-corrected chi connectivity index (χ3v) is 3.10. The average molecular weight is 315 g/mol. The van der Waals surface area contributed by atoms with E-state index in [0.29, 0.717) is 23.9 Å². The Balaban J connectivity index is 1.95. The van der Waals surface area contributed by atoms with Gasteiger partial charge in [0, 0.05) is 24.9 Å². The molecule has 6 heteroatoms. The summed E-state index contributed by atoms with van der Waals surface area (Å²) in [7, 11) is 1.60. The molecule has 0 aliphatic rings. The van der Waals surface area contributed by atoms with E-state index in [0.717, 1.165) is 5.56 Å². The molecular weight excluding hydrogens is 294 g/mol. The van der Waals surface area contributed by atoms with Crippen molar-refractivity contribution >= 4 is 5.91 Å².